The van der Waals surface area contributed by atoms with Gasteiger partial charge in [0, 0.05) is 11.6 Å². The number of hydrogen-bond acceptors (Lipinski definition) is 3. The number of ether oxygens (including phenoxy) is 1. The van der Waals surface area contributed by atoms with Gasteiger partial charge in [-0.3, -0.25) is 4.90 Å². The summed E-state index contributed by atoms with van der Waals surface area (Å²) < 4.78 is 6.68. The molecule has 1 heterocycles. The minimum absolute atomic E-state index is 0.702. The SMILES string of the molecule is NCC1CCN(CCOc2ccc(Cl)cc2Br)CC1. The van der Waals surface area contributed by atoms with Crippen LogP contribution in [-0.4, -0.2) is 37.7 Å². The number of likely N-dealkylation sites (tertiary alicyclic amines) is 1. The third-order valence-corrected chi connectivity index (χ3v) is 4.45. The highest BCUT2D eigenvalue weighted by molar-refractivity contribution is 9.10. The Balaban J connectivity index is 1.72. The van der Waals surface area contributed by atoms with E-state index >= 15 is 0 Å². The Morgan fingerprint density at radius 2 is 2.11 bits per heavy atom. The molecule has 106 valence electrons. The van der Waals surface area contributed by atoms with Crippen molar-refractivity contribution in [2.45, 2.75) is 12.8 Å². The highest BCUT2D eigenvalue weighted by Gasteiger charge is 2.17. The summed E-state index contributed by atoms with van der Waals surface area (Å²) in [4.78, 5) is 2.44. The van der Waals surface area contributed by atoms with Crippen molar-refractivity contribution in [2.75, 3.05) is 32.8 Å². The largest absolute Gasteiger partial charge is 0.491 e. The Bertz CT molecular complexity index is 408. The lowest BCUT2D eigenvalue weighted by molar-refractivity contribution is 0.157. The van der Waals surface area contributed by atoms with Crippen LogP contribution < -0.4 is 10.5 Å². The molecule has 5 heteroatoms. The summed E-state index contributed by atoms with van der Waals surface area (Å²) in [7, 11) is 0. The molecule has 3 nitrogen and oxygen atoms in total. The monoisotopic (exact) mass is 346 g/mol. The van der Waals surface area contributed by atoms with Crippen molar-refractivity contribution < 1.29 is 4.74 Å². The number of piperidine rings is 1. The highest BCUT2D eigenvalue weighted by atomic mass is 79.9. The number of halogens is 2. The van der Waals surface area contributed by atoms with Gasteiger partial charge in [-0.25, -0.2) is 0 Å². The van der Waals surface area contributed by atoms with Gasteiger partial charge in [-0.05, 0) is 72.5 Å². The predicted molar refractivity (Wildman–Crippen MR) is 82.9 cm³/mol. The molecular weight excluding hydrogens is 328 g/mol. The van der Waals surface area contributed by atoms with Crippen LogP contribution in [0.1, 0.15) is 12.8 Å². The van der Waals surface area contributed by atoms with E-state index in [1.807, 2.05) is 18.2 Å². The van der Waals surface area contributed by atoms with E-state index in [9.17, 15) is 0 Å². The van der Waals surface area contributed by atoms with E-state index < -0.39 is 0 Å². The van der Waals surface area contributed by atoms with Crippen molar-refractivity contribution in [3.8, 4) is 5.75 Å². The molecule has 0 atom stereocenters. The normalized spacial score (nSPS) is 17.6. The van der Waals surface area contributed by atoms with Crippen LogP contribution >= 0.6 is 27.5 Å². The summed E-state index contributed by atoms with van der Waals surface area (Å²) in [6.45, 7) is 4.75. The molecule has 0 aromatic heterocycles. The second-order valence-corrected chi connectivity index (χ2v) is 6.23. The summed E-state index contributed by atoms with van der Waals surface area (Å²) >= 11 is 9.35. The number of nitrogens with two attached hydrogens (primary N) is 1. The average molecular weight is 348 g/mol. The molecule has 1 saturated heterocycles. The average Bonchev–Trinajstić information content (AvgIpc) is 2.42. The van der Waals surface area contributed by atoms with Gasteiger partial charge in [0.05, 0.1) is 4.47 Å². The maximum absolute atomic E-state index is 5.90. The molecule has 0 aliphatic carbocycles. The second kappa shape index (κ2) is 7.48. The molecule has 1 aliphatic rings. The molecule has 19 heavy (non-hydrogen) atoms. The summed E-state index contributed by atoms with van der Waals surface area (Å²) in [6, 6.07) is 5.59. The minimum atomic E-state index is 0.702. The zero-order chi connectivity index (χ0) is 13.7. The molecule has 1 aliphatic heterocycles. The molecular formula is C14H20BrClN2O. The fourth-order valence-corrected chi connectivity index (χ4v) is 3.12. The van der Waals surface area contributed by atoms with E-state index in [-0.39, 0.29) is 0 Å². The number of benzene rings is 1. The van der Waals surface area contributed by atoms with Crippen LogP contribution in [0.5, 0.6) is 5.75 Å². The van der Waals surface area contributed by atoms with E-state index in [2.05, 4.69) is 20.8 Å². The zero-order valence-electron chi connectivity index (χ0n) is 10.9. The lowest BCUT2D eigenvalue weighted by Gasteiger charge is -2.31. The van der Waals surface area contributed by atoms with Crippen molar-refractivity contribution in [1.29, 1.82) is 0 Å². The first-order valence-electron chi connectivity index (χ1n) is 6.69. The van der Waals surface area contributed by atoms with Crippen molar-refractivity contribution in [2.24, 2.45) is 11.7 Å². The predicted octanol–water partition coefficient (Wildman–Crippen LogP) is 3.15. The first kappa shape index (κ1) is 15.1. The van der Waals surface area contributed by atoms with Crippen LogP contribution in [0.25, 0.3) is 0 Å². The standard InChI is InChI=1S/C14H20BrClN2O/c15-13-9-12(16)1-2-14(13)19-8-7-18-5-3-11(10-17)4-6-18/h1-2,9,11H,3-8,10,17H2. The summed E-state index contributed by atoms with van der Waals surface area (Å²) in [5, 5.41) is 0.711. The van der Waals surface area contributed by atoms with Gasteiger partial charge in [0.25, 0.3) is 0 Å². The highest BCUT2D eigenvalue weighted by Crippen LogP contribution is 2.28. The molecule has 0 amide bonds. The van der Waals surface area contributed by atoms with Crippen LogP contribution in [0.4, 0.5) is 0 Å². The third-order valence-electron chi connectivity index (χ3n) is 3.60. The molecule has 2 rings (SSSR count). The fraction of sp³-hybridized carbons (Fsp3) is 0.571. The lowest BCUT2D eigenvalue weighted by atomic mass is 9.97. The van der Waals surface area contributed by atoms with Crippen molar-refractivity contribution in [1.82, 2.24) is 4.90 Å². The molecule has 1 aromatic carbocycles. The Kier molecular flexibility index (Phi) is 5.95. The van der Waals surface area contributed by atoms with Crippen molar-refractivity contribution in [3.05, 3.63) is 27.7 Å². The Morgan fingerprint density at radius 3 is 2.74 bits per heavy atom. The van der Waals surface area contributed by atoms with Crippen molar-refractivity contribution in [3.63, 3.8) is 0 Å². The number of nitrogens with zero attached hydrogens (tertiary/aromatic N) is 1. The first-order chi connectivity index (χ1) is 9.19. The molecule has 1 fully saturated rings. The van der Waals surface area contributed by atoms with Gasteiger partial charge in [0.15, 0.2) is 0 Å². The molecule has 2 N–H and O–H groups in total. The van der Waals surface area contributed by atoms with Crippen LogP contribution in [0.2, 0.25) is 5.02 Å². The molecule has 0 unspecified atom stereocenters. The van der Waals surface area contributed by atoms with Gasteiger partial charge in [0.2, 0.25) is 0 Å². The van der Waals surface area contributed by atoms with E-state index in [0.717, 1.165) is 36.4 Å². The van der Waals surface area contributed by atoms with Crippen LogP contribution in [0.3, 0.4) is 0 Å². The van der Waals surface area contributed by atoms with Crippen molar-refractivity contribution >= 4 is 27.5 Å². The van der Waals surface area contributed by atoms with E-state index in [4.69, 9.17) is 22.1 Å². The molecule has 0 saturated carbocycles. The Morgan fingerprint density at radius 1 is 1.37 bits per heavy atom. The fourth-order valence-electron chi connectivity index (χ4n) is 2.32. The molecule has 0 spiro atoms. The zero-order valence-corrected chi connectivity index (χ0v) is 13.3. The van der Waals surface area contributed by atoms with E-state index in [1.54, 1.807) is 0 Å². The molecule has 0 bridgehead atoms. The van der Waals surface area contributed by atoms with Gasteiger partial charge < -0.3 is 10.5 Å². The summed E-state index contributed by atoms with van der Waals surface area (Å²) in [5.74, 6) is 1.56. The number of hydrogen-bond donors (Lipinski definition) is 1. The first-order valence-corrected chi connectivity index (χ1v) is 7.86. The summed E-state index contributed by atoms with van der Waals surface area (Å²) in [5.41, 5.74) is 5.69. The van der Waals surface area contributed by atoms with E-state index in [1.165, 1.54) is 12.8 Å². The van der Waals surface area contributed by atoms with Gasteiger partial charge in [0.1, 0.15) is 12.4 Å². The van der Waals surface area contributed by atoms with Gasteiger partial charge >= 0.3 is 0 Å². The molecule has 1 aromatic rings. The Labute approximate surface area is 128 Å². The Hall–Kier alpha value is -0.290. The smallest absolute Gasteiger partial charge is 0.133 e. The quantitative estimate of drug-likeness (QED) is 0.889. The topological polar surface area (TPSA) is 38.5 Å². The van der Waals surface area contributed by atoms with Crippen LogP contribution in [0.15, 0.2) is 22.7 Å². The molecule has 0 radical (unpaired) electrons. The minimum Gasteiger partial charge on any atom is -0.491 e. The third kappa shape index (κ3) is 4.63. The van der Waals surface area contributed by atoms with E-state index in [0.29, 0.717) is 17.5 Å². The van der Waals surface area contributed by atoms with Gasteiger partial charge in [-0.1, -0.05) is 11.6 Å². The second-order valence-electron chi connectivity index (χ2n) is 4.94. The van der Waals surface area contributed by atoms with Crippen LogP contribution in [0, 0.1) is 5.92 Å². The van der Waals surface area contributed by atoms with Crippen LogP contribution in [-0.2, 0) is 0 Å². The maximum atomic E-state index is 5.90. The lowest BCUT2D eigenvalue weighted by Crippen LogP contribution is -2.38. The summed E-state index contributed by atoms with van der Waals surface area (Å²) in [6.07, 6.45) is 2.42. The van der Waals surface area contributed by atoms with Gasteiger partial charge in [-0.2, -0.15) is 0 Å². The maximum Gasteiger partial charge on any atom is 0.133 e. The van der Waals surface area contributed by atoms with Gasteiger partial charge in [-0.15, -0.1) is 0 Å². The number of rotatable bonds is 5.